The van der Waals surface area contributed by atoms with Crippen LogP contribution >= 0.6 is 0 Å². The molecule has 0 aliphatic heterocycles. The van der Waals surface area contributed by atoms with Crippen LogP contribution in [0.2, 0.25) is 0 Å². The molecule has 3 rings (SSSR count). The predicted octanol–water partition coefficient (Wildman–Crippen LogP) is 1.74. The van der Waals surface area contributed by atoms with Crippen molar-refractivity contribution < 1.29 is 23.6 Å². The van der Waals surface area contributed by atoms with Gasteiger partial charge in [0.15, 0.2) is 11.5 Å². The first kappa shape index (κ1) is 16.0. The molecule has 0 unspecified atom stereocenters. The minimum Gasteiger partial charge on any atom is -0.497 e. The van der Waals surface area contributed by atoms with Crippen LogP contribution in [0.5, 0.6) is 5.75 Å². The van der Waals surface area contributed by atoms with Gasteiger partial charge in [0.05, 0.1) is 13.7 Å². The number of nitrogens with one attached hydrogen (secondary N) is 1. The lowest BCUT2D eigenvalue weighted by atomic mass is 9.89. The summed E-state index contributed by atoms with van der Waals surface area (Å²) in [4.78, 5) is 23.6. The van der Waals surface area contributed by atoms with Crippen LogP contribution in [0.25, 0.3) is 11.3 Å². The highest BCUT2D eigenvalue weighted by Gasteiger charge is 2.28. The van der Waals surface area contributed by atoms with Crippen molar-refractivity contribution in [3.63, 3.8) is 0 Å². The predicted molar refractivity (Wildman–Crippen MR) is 84.9 cm³/mol. The van der Waals surface area contributed by atoms with E-state index in [1.54, 1.807) is 14.0 Å². The monoisotopic (exact) mass is 330 g/mol. The van der Waals surface area contributed by atoms with Gasteiger partial charge in [0, 0.05) is 11.1 Å². The average molecular weight is 330 g/mol. The third-order valence-corrected chi connectivity index (χ3v) is 3.90. The smallest absolute Gasteiger partial charge is 0.325 e. The molecule has 0 saturated heterocycles. The lowest BCUT2D eigenvalue weighted by molar-refractivity contribution is -0.141. The second kappa shape index (κ2) is 6.74. The van der Waals surface area contributed by atoms with E-state index in [1.807, 2.05) is 18.2 Å². The number of rotatable bonds is 5. The third kappa shape index (κ3) is 2.97. The van der Waals surface area contributed by atoms with Crippen LogP contribution in [0.4, 0.5) is 0 Å². The summed E-state index contributed by atoms with van der Waals surface area (Å²) in [5, 5.41) is 6.40. The summed E-state index contributed by atoms with van der Waals surface area (Å²) in [5.74, 6) is 0.454. The molecule has 0 atom stereocenters. The fraction of sp³-hybridized carbons (Fsp3) is 0.353. The van der Waals surface area contributed by atoms with Gasteiger partial charge in [0.25, 0.3) is 5.91 Å². The summed E-state index contributed by atoms with van der Waals surface area (Å²) >= 11 is 0. The standard InChI is InChI=1S/C17H18N2O5/c1-3-23-14(20)9-18-17(21)15-13-6-4-10-8-11(22-2)5-7-12(10)16(13)24-19-15/h5,7-8H,3-4,6,9H2,1-2H3,(H,18,21). The Bertz CT molecular complexity index is 781. The number of methoxy groups -OCH3 is 1. The quantitative estimate of drug-likeness (QED) is 0.840. The van der Waals surface area contributed by atoms with Crippen LogP contribution < -0.4 is 10.1 Å². The second-order valence-electron chi connectivity index (χ2n) is 5.35. The van der Waals surface area contributed by atoms with Crippen molar-refractivity contribution in [2.75, 3.05) is 20.3 Å². The molecule has 0 fully saturated rings. The Labute approximate surface area is 138 Å². The molecule has 1 N–H and O–H groups in total. The van der Waals surface area contributed by atoms with E-state index in [-0.39, 0.29) is 18.8 Å². The highest BCUT2D eigenvalue weighted by Crippen LogP contribution is 2.36. The average Bonchev–Trinajstić information content (AvgIpc) is 3.03. The maximum absolute atomic E-state index is 12.2. The SMILES string of the molecule is CCOC(=O)CNC(=O)c1noc2c1CCc1cc(OC)ccc1-2. The van der Waals surface area contributed by atoms with Gasteiger partial charge in [0.1, 0.15) is 12.3 Å². The molecule has 0 spiro atoms. The number of hydrogen-bond acceptors (Lipinski definition) is 6. The summed E-state index contributed by atoms with van der Waals surface area (Å²) in [6.45, 7) is 1.79. The first-order chi connectivity index (χ1) is 11.6. The Hall–Kier alpha value is -2.83. The highest BCUT2D eigenvalue weighted by atomic mass is 16.5. The van der Waals surface area contributed by atoms with Crippen LogP contribution in [-0.4, -0.2) is 37.3 Å². The third-order valence-electron chi connectivity index (χ3n) is 3.90. The lowest BCUT2D eigenvalue weighted by Gasteiger charge is -2.15. The van der Waals surface area contributed by atoms with Gasteiger partial charge in [-0.05, 0) is 43.5 Å². The Morgan fingerprint density at radius 3 is 2.92 bits per heavy atom. The van der Waals surface area contributed by atoms with Gasteiger partial charge >= 0.3 is 5.97 Å². The minimum absolute atomic E-state index is 0.192. The van der Waals surface area contributed by atoms with Gasteiger partial charge in [-0.2, -0.15) is 0 Å². The first-order valence-corrected chi connectivity index (χ1v) is 7.73. The Kier molecular flexibility index (Phi) is 4.50. The second-order valence-corrected chi connectivity index (χ2v) is 5.35. The molecule has 0 saturated carbocycles. The summed E-state index contributed by atoms with van der Waals surface area (Å²) in [7, 11) is 1.62. The molecule has 1 amide bonds. The van der Waals surface area contributed by atoms with Gasteiger partial charge in [-0.15, -0.1) is 0 Å². The van der Waals surface area contributed by atoms with Crippen molar-refractivity contribution in [2.45, 2.75) is 19.8 Å². The normalized spacial score (nSPS) is 12.1. The van der Waals surface area contributed by atoms with E-state index in [2.05, 4.69) is 10.5 Å². The fourth-order valence-corrected chi connectivity index (χ4v) is 2.76. The van der Waals surface area contributed by atoms with Crippen LogP contribution in [0.15, 0.2) is 22.7 Å². The number of carbonyl (C=O) groups excluding carboxylic acids is 2. The van der Waals surface area contributed by atoms with Gasteiger partial charge < -0.3 is 19.3 Å². The van der Waals surface area contributed by atoms with E-state index in [1.165, 1.54) is 0 Å². The fourth-order valence-electron chi connectivity index (χ4n) is 2.76. The van der Waals surface area contributed by atoms with Gasteiger partial charge in [0.2, 0.25) is 0 Å². The topological polar surface area (TPSA) is 90.7 Å². The van der Waals surface area contributed by atoms with Gasteiger partial charge in [-0.25, -0.2) is 0 Å². The Morgan fingerprint density at radius 1 is 1.33 bits per heavy atom. The van der Waals surface area contributed by atoms with Crippen LogP contribution in [-0.2, 0) is 22.4 Å². The van der Waals surface area contributed by atoms with Gasteiger partial charge in [-0.3, -0.25) is 9.59 Å². The lowest BCUT2D eigenvalue weighted by Crippen LogP contribution is -2.31. The molecule has 1 aliphatic carbocycles. The summed E-state index contributed by atoms with van der Waals surface area (Å²) in [6.07, 6.45) is 1.40. The van der Waals surface area contributed by atoms with Crippen molar-refractivity contribution in [3.05, 3.63) is 35.0 Å². The minimum atomic E-state index is -0.486. The van der Waals surface area contributed by atoms with E-state index in [0.717, 1.165) is 28.9 Å². The van der Waals surface area contributed by atoms with Crippen LogP contribution in [0.3, 0.4) is 0 Å². The van der Waals surface area contributed by atoms with E-state index in [4.69, 9.17) is 14.0 Å². The summed E-state index contributed by atoms with van der Waals surface area (Å²) in [6, 6.07) is 5.70. The molecule has 1 heterocycles. The number of aryl methyl sites for hydroxylation is 1. The highest BCUT2D eigenvalue weighted by molar-refractivity contribution is 5.97. The van der Waals surface area contributed by atoms with Gasteiger partial charge in [-0.1, -0.05) is 5.16 Å². The molecule has 1 aromatic heterocycles. The largest absolute Gasteiger partial charge is 0.497 e. The molecule has 2 aromatic rings. The number of amides is 1. The number of benzene rings is 1. The zero-order valence-electron chi connectivity index (χ0n) is 13.5. The number of fused-ring (bicyclic) bond motifs is 3. The van der Waals surface area contributed by atoms with Crippen molar-refractivity contribution in [1.29, 1.82) is 0 Å². The van der Waals surface area contributed by atoms with E-state index >= 15 is 0 Å². The number of ether oxygens (including phenoxy) is 2. The number of carbonyl (C=O) groups is 2. The molecule has 1 aromatic carbocycles. The molecule has 126 valence electrons. The Balaban J connectivity index is 1.81. The zero-order chi connectivity index (χ0) is 17.1. The molecule has 7 heteroatoms. The van der Waals surface area contributed by atoms with Crippen LogP contribution in [0, 0.1) is 0 Å². The van der Waals surface area contributed by atoms with E-state index in [9.17, 15) is 9.59 Å². The molecule has 1 aliphatic rings. The molecule has 24 heavy (non-hydrogen) atoms. The van der Waals surface area contributed by atoms with Crippen LogP contribution in [0.1, 0.15) is 28.5 Å². The summed E-state index contributed by atoms with van der Waals surface area (Å²) in [5.41, 5.74) is 2.98. The first-order valence-electron chi connectivity index (χ1n) is 7.73. The van der Waals surface area contributed by atoms with Crippen molar-refractivity contribution in [3.8, 4) is 17.1 Å². The molecular weight excluding hydrogens is 312 g/mol. The maximum Gasteiger partial charge on any atom is 0.325 e. The molecular formula is C17H18N2O5. The number of nitrogens with zero attached hydrogens (tertiary/aromatic N) is 1. The van der Waals surface area contributed by atoms with E-state index in [0.29, 0.717) is 12.2 Å². The van der Waals surface area contributed by atoms with Crippen molar-refractivity contribution in [2.24, 2.45) is 0 Å². The maximum atomic E-state index is 12.2. The van der Waals surface area contributed by atoms with E-state index < -0.39 is 11.9 Å². The van der Waals surface area contributed by atoms with Crippen molar-refractivity contribution in [1.82, 2.24) is 10.5 Å². The number of aromatic nitrogens is 1. The van der Waals surface area contributed by atoms with Crippen molar-refractivity contribution >= 4 is 11.9 Å². The number of esters is 1. The number of hydrogen-bond donors (Lipinski definition) is 1. The molecule has 7 nitrogen and oxygen atoms in total. The molecule has 0 bridgehead atoms. The Morgan fingerprint density at radius 2 is 2.17 bits per heavy atom. The molecule has 0 radical (unpaired) electrons. The zero-order valence-corrected chi connectivity index (χ0v) is 13.5. The summed E-state index contributed by atoms with van der Waals surface area (Å²) < 4.78 is 15.4.